The van der Waals surface area contributed by atoms with Gasteiger partial charge in [-0.05, 0) is 11.6 Å². The minimum atomic E-state index is -0.965. The van der Waals surface area contributed by atoms with Crippen LogP contribution in [0.1, 0.15) is 11.1 Å². The van der Waals surface area contributed by atoms with Crippen LogP contribution >= 0.6 is 0 Å². The van der Waals surface area contributed by atoms with Crippen LogP contribution in [0, 0.1) is 0 Å². The summed E-state index contributed by atoms with van der Waals surface area (Å²) in [7, 11) is 0.767. The Balaban J connectivity index is 2.64. The normalized spacial score (nSPS) is 11.7. The lowest BCUT2D eigenvalue weighted by Crippen LogP contribution is -2.23. The Morgan fingerprint density at radius 1 is 1.00 bits per heavy atom. The summed E-state index contributed by atoms with van der Waals surface area (Å²) in [6.07, 6.45) is 0. The van der Waals surface area contributed by atoms with E-state index in [0.717, 1.165) is 0 Å². The number of rotatable bonds is 4. The Labute approximate surface area is 88.1 Å². The zero-order valence-electron chi connectivity index (χ0n) is 9.63. The molecule has 0 amide bonds. The largest absolute Gasteiger partial charge is 0.380 e. The van der Waals surface area contributed by atoms with Gasteiger partial charge in [-0.15, -0.1) is 0 Å². The molecule has 1 aromatic carbocycles. The summed E-state index contributed by atoms with van der Waals surface area (Å²) in [5.41, 5.74) is 2.72. The van der Waals surface area contributed by atoms with Crippen molar-refractivity contribution in [3.05, 3.63) is 35.4 Å². The van der Waals surface area contributed by atoms with Gasteiger partial charge in [0.25, 0.3) is 0 Å². The van der Waals surface area contributed by atoms with Crippen LogP contribution in [-0.4, -0.2) is 15.2 Å². The second-order valence-electron chi connectivity index (χ2n) is 4.99. The molecule has 0 fully saturated rings. The predicted octanol–water partition coefficient (Wildman–Crippen LogP) is 3.25. The summed E-state index contributed by atoms with van der Waals surface area (Å²) in [6, 6.07) is 10.1. The van der Waals surface area contributed by atoms with Crippen molar-refractivity contribution in [1.29, 1.82) is 0 Å². The molecule has 0 heterocycles. The smallest absolute Gasteiger partial charge is 0.0713 e. The third kappa shape index (κ3) is 4.07. The zero-order chi connectivity index (χ0) is 10.6. The molecule has 2 heteroatoms. The van der Waals surface area contributed by atoms with Gasteiger partial charge in [-0.2, -0.15) is 0 Å². The van der Waals surface area contributed by atoms with E-state index in [0.29, 0.717) is 6.61 Å². The highest BCUT2D eigenvalue weighted by atomic mass is 28.3. The Hall–Kier alpha value is -0.603. The Kier molecular flexibility index (Phi) is 3.90. The molecule has 0 aliphatic rings. The molecule has 1 aromatic rings. The van der Waals surface area contributed by atoms with Gasteiger partial charge in [0.1, 0.15) is 0 Å². The quantitative estimate of drug-likeness (QED) is 0.690. The fraction of sp³-hybridized carbons (Fsp3) is 0.500. The van der Waals surface area contributed by atoms with Crippen molar-refractivity contribution in [1.82, 2.24) is 0 Å². The monoisotopic (exact) mass is 208 g/mol. The standard InChI is InChI=1S/C12H20OSi/c1-13-9-11-5-7-12(8-6-11)10-14(2,3)4/h5-8H,9-10H2,1-4H3. The van der Waals surface area contributed by atoms with Crippen molar-refractivity contribution < 1.29 is 4.74 Å². The molecule has 0 aliphatic carbocycles. The van der Waals surface area contributed by atoms with Gasteiger partial charge in [0.05, 0.1) is 6.61 Å². The summed E-state index contributed by atoms with van der Waals surface area (Å²) in [4.78, 5) is 0. The van der Waals surface area contributed by atoms with E-state index >= 15 is 0 Å². The first kappa shape index (κ1) is 11.5. The van der Waals surface area contributed by atoms with Crippen LogP contribution in [0.4, 0.5) is 0 Å². The highest BCUT2D eigenvalue weighted by molar-refractivity contribution is 6.75. The maximum Gasteiger partial charge on any atom is 0.0713 e. The van der Waals surface area contributed by atoms with Crippen LogP contribution in [-0.2, 0) is 17.4 Å². The van der Waals surface area contributed by atoms with E-state index in [1.165, 1.54) is 17.2 Å². The lowest BCUT2D eigenvalue weighted by molar-refractivity contribution is 0.185. The van der Waals surface area contributed by atoms with E-state index in [9.17, 15) is 0 Å². The van der Waals surface area contributed by atoms with Crippen LogP contribution in [0.25, 0.3) is 0 Å². The second-order valence-corrected chi connectivity index (χ2v) is 10.5. The molecule has 0 radical (unpaired) electrons. The zero-order valence-corrected chi connectivity index (χ0v) is 10.6. The molecule has 0 unspecified atom stereocenters. The van der Waals surface area contributed by atoms with E-state index in [1.54, 1.807) is 7.11 Å². The van der Waals surface area contributed by atoms with Gasteiger partial charge in [-0.25, -0.2) is 0 Å². The molecule has 0 bridgehead atoms. The van der Waals surface area contributed by atoms with Crippen molar-refractivity contribution in [3.63, 3.8) is 0 Å². The van der Waals surface area contributed by atoms with Gasteiger partial charge in [-0.1, -0.05) is 49.5 Å². The van der Waals surface area contributed by atoms with Crippen molar-refractivity contribution in [2.75, 3.05) is 7.11 Å². The molecular weight excluding hydrogens is 188 g/mol. The highest BCUT2D eigenvalue weighted by Gasteiger charge is 2.13. The lowest BCUT2D eigenvalue weighted by Gasteiger charge is -2.15. The predicted molar refractivity (Wildman–Crippen MR) is 64.2 cm³/mol. The number of hydrogen-bond donors (Lipinski definition) is 0. The molecule has 0 saturated carbocycles. The number of hydrogen-bond acceptors (Lipinski definition) is 1. The Morgan fingerprint density at radius 3 is 1.93 bits per heavy atom. The van der Waals surface area contributed by atoms with Crippen LogP contribution in [0.15, 0.2) is 24.3 Å². The topological polar surface area (TPSA) is 9.23 Å². The molecule has 78 valence electrons. The van der Waals surface area contributed by atoms with Crippen molar-refractivity contribution >= 4 is 8.07 Å². The van der Waals surface area contributed by atoms with E-state index < -0.39 is 8.07 Å². The Morgan fingerprint density at radius 2 is 1.50 bits per heavy atom. The molecule has 0 aromatic heterocycles. The molecular formula is C12H20OSi. The summed E-state index contributed by atoms with van der Waals surface area (Å²) >= 11 is 0. The fourth-order valence-corrected chi connectivity index (χ4v) is 2.99. The minimum Gasteiger partial charge on any atom is -0.380 e. The molecule has 1 rings (SSSR count). The average molecular weight is 208 g/mol. The number of ether oxygens (including phenoxy) is 1. The second kappa shape index (κ2) is 4.76. The molecule has 0 N–H and O–H groups in total. The molecule has 0 spiro atoms. The molecule has 1 nitrogen and oxygen atoms in total. The summed E-state index contributed by atoms with van der Waals surface area (Å²) < 4.78 is 5.08. The van der Waals surface area contributed by atoms with Crippen LogP contribution < -0.4 is 0 Å². The SMILES string of the molecule is COCc1ccc(C[Si](C)(C)C)cc1. The first-order chi connectivity index (χ1) is 6.51. The Bertz CT molecular complexity index is 271. The third-order valence-electron chi connectivity index (χ3n) is 2.07. The maximum absolute atomic E-state index is 5.08. The van der Waals surface area contributed by atoms with Crippen molar-refractivity contribution in [2.45, 2.75) is 32.3 Å². The maximum atomic E-state index is 5.08. The first-order valence-corrected chi connectivity index (χ1v) is 8.79. The first-order valence-electron chi connectivity index (χ1n) is 5.08. The summed E-state index contributed by atoms with van der Waals surface area (Å²) in [5, 5.41) is 0. The van der Waals surface area contributed by atoms with E-state index in [-0.39, 0.29) is 0 Å². The molecule has 0 aliphatic heterocycles. The van der Waals surface area contributed by atoms with E-state index in [2.05, 4.69) is 43.9 Å². The third-order valence-corrected chi connectivity index (χ3v) is 3.54. The van der Waals surface area contributed by atoms with Crippen LogP contribution in [0.3, 0.4) is 0 Å². The average Bonchev–Trinajstić information content (AvgIpc) is 2.06. The van der Waals surface area contributed by atoms with E-state index in [4.69, 9.17) is 4.74 Å². The van der Waals surface area contributed by atoms with Gasteiger partial charge in [0, 0.05) is 15.2 Å². The minimum absolute atomic E-state index is 0.716. The van der Waals surface area contributed by atoms with Gasteiger partial charge in [0.2, 0.25) is 0 Å². The van der Waals surface area contributed by atoms with Gasteiger partial charge in [0.15, 0.2) is 0 Å². The molecule has 0 atom stereocenters. The van der Waals surface area contributed by atoms with Crippen LogP contribution in [0.5, 0.6) is 0 Å². The molecule has 14 heavy (non-hydrogen) atoms. The van der Waals surface area contributed by atoms with Crippen molar-refractivity contribution in [3.8, 4) is 0 Å². The van der Waals surface area contributed by atoms with Crippen molar-refractivity contribution in [2.24, 2.45) is 0 Å². The van der Waals surface area contributed by atoms with E-state index in [1.807, 2.05) is 0 Å². The molecule has 0 saturated heterocycles. The van der Waals surface area contributed by atoms with Gasteiger partial charge in [-0.3, -0.25) is 0 Å². The number of methoxy groups -OCH3 is 1. The lowest BCUT2D eigenvalue weighted by atomic mass is 10.2. The summed E-state index contributed by atoms with van der Waals surface area (Å²) in [6.45, 7) is 7.91. The van der Waals surface area contributed by atoms with Gasteiger partial charge >= 0.3 is 0 Å². The summed E-state index contributed by atoms with van der Waals surface area (Å²) in [5.74, 6) is 0. The van der Waals surface area contributed by atoms with Crippen LogP contribution in [0.2, 0.25) is 19.6 Å². The number of benzene rings is 1. The fourth-order valence-electron chi connectivity index (χ4n) is 1.53. The van der Waals surface area contributed by atoms with Gasteiger partial charge < -0.3 is 4.74 Å². The highest BCUT2D eigenvalue weighted by Crippen LogP contribution is 2.12.